The highest BCUT2D eigenvalue weighted by Crippen LogP contribution is 2.32. The smallest absolute Gasteiger partial charge is 0.160 e. The molecule has 0 aliphatic rings. The number of nitrogens with one attached hydrogen (secondary N) is 1. The minimum atomic E-state index is -0.0739. The first kappa shape index (κ1) is 29.0. The second-order valence-corrected chi connectivity index (χ2v) is 9.65. The van der Waals surface area contributed by atoms with Gasteiger partial charge in [0.15, 0.2) is 11.5 Å². The lowest BCUT2D eigenvalue weighted by Gasteiger charge is -2.20. The Labute approximate surface area is 213 Å². The van der Waals surface area contributed by atoms with Gasteiger partial charge in [0.1, 0.15) is 5.75 Å². The van der Waals surface area contributed by atoms with Crippen LogP contribution in [-0.4, -0.2) is 52.9 Å². The number of phenolic OH excluding ortho intramolecular Hbond substituents is 3. The second kappa shape index (κ2) is 17.2. The van der Waals surface area contributed by atoms with Crippen molar-refractivity contribution in [3.63, 3.8) is 0 Å². The van der Waals surface area contributed by atoms with E-state index in [1.807, 2.05) is 18.2 Å². The average Bonchev–Trinajstić information content (AvgIpc) is 2.86. The molecule has 5 heteroatoms. The molecule has 0 fully saturated rings. The molecule has 2 aromatic carbocycles. The van der Waals surface area contributed by atoms with Crippen molar-refractivity contribution in [2.45, 2.75) is 84.5 Å². The van der Waals surface area contributed by atoms with Crippen LogP contribution in [0.15, 0.2) is 36.4 Å². The van der Waals surface area contributed by atoms with E-state index in [4.69, 9.17) is 0 Å². The zero-order valence-corrected chi connectivity index (χ0v) is 22.1. The van der Waals surface area contributed by atoms with Crippen molar-refractivity contribution in [2.75, 3.05) is 32.7 Å². The maximum Gasteiger partial charge on any atom is 0.160 e. The Morgan fingerprint density at radius 3 is 2.20 bits per heavy atom. The van der Waals surface area contributed by atoms with E-state index in [1.54, 1.807) is 18.2 Å². The summed E-state index contributed by atoms with van der Waals surface area (Å²) in [4.78, 5) is 2.60. The van der Waals surface area contributed by atoms with Gasteiger partial charge in [0.05, 0.1) is 0 Å². The maximum atomic E-state index is 10.4. The standard InChI is InChI=1S/C30H48N2O3/c1-3-5-6-10-22-32(4-2)23-11-8-7-9-20-31-21-19-26-16-18-29(34)30(35)28(26)17-15-25-13-12-14-27(33)24-25/h12-14,16,18,24,31,33-35H,3-11,15,17,19-23H2,1-2H3. The van der Waals surface area contributed by atoms with Gasteiger partial charge in [-0.15, -0.1) is 0 Å². The molecule has 4 N–H and O–H groups in total. The van der Waals surface area contributed by atoms with E-state index in [0.717, 1.165) is 42.7 Å². The molecule has 0 radical (unpaired) electrons. The predicted molar refractivity (Wildman–Crippen MR) is 147 cm³/mol. The van der Waals surface area contributed by atoms with Crippen LogP contribution in [0.25, 0.3) is 0 Å². The van der Waals surface area contributed by atoms with Crippen molar-refractivity contribution < 1.29 is 15.3 Å². The monoisotopic (exact) mass is 484 g/mol. The van der Waals surface area contributed by atoms with Crippen LogP contribution in [0, 0.1) is 0 Å². The van der Waals surface area contributed by atoms with E-state index >= 15 is 0 Å². The molecule has 0 bridgehead atoms. The Balaban J connectivity index is 1.64. The summed E-state index contributed by atoms with van der Waals surface area (Å²) in [6.07, 6.45) is 12.5. The number of aryl methyl sites for hydroxylation is 1. The summed E-state index contributed by atoms with van der Waals surface area (Å²) < 4.78 is 0. The van der Waals surface area contributed by atoms with Crippen molar-refractivity contribution in [1.82, 2.24) is 10.2 Å². The second-order valence-electron chi connectivity index (χ2n) is 9.65. The summed E-state index contributed by atoms with van der Waals surface area (Å²) >= 11 is 0. The Morgan fingerprint density at radius 1 is 0.743 bits per heavy atom. The fourth-order valence-electron chi connectivity index (χ4n) is 4.64. The number of phenols is 3. The summed E-state index contributed by atoms with van der Waals surface area (Å²) in [6, 6.07) is 10.7. The van der Waals surface area contributed by atoms with Gasteiger partial charge in [-0.05, 0) is 101 Å². The summed E-state index contributed by atoms with van der Waals surface area (Å²) in [6.45, 7) is 10.0. The maximum absolute atomic E-state index is 10.4. The van der Waals surface area contributed by atoms with Gasteiger partial charge in [0.2, 0.25) is 0 Å². The average molecular weight is 485 g/mol. The summed E-state index contributed by atoms with van der Waals surface area (Å²) in [5, 5.41) is 33.6. The zero-order chi connectivity index (χ0) is 25.3. The summed E-state index contributed by atoms with van der Waals surface area (Å²) in [7, 11) is 0. The normalized spacial score (nSPS) is 11.4. The molecule has 0 heterocycles. The first-order chi connectivity index (χ1) is 17.0. The molecule has 0 spiro atoms. The fourth-order valence-corrected chi connectivity index (χ4v) is 4.64. The van der Waals surface area contributed by atoms with Crippen molar-refractivity contribution >= 4 is 0 Å². The van der Waals surface area contributed by atoms with E-state index in [9.17, 15) is 15.3 Å². The van der Waals surface area contributed by atoms with E-state index in [-0.39, 0.29) is 17.2 Å². The molecule has 0 saturated carbocycles. The summed E-state index contributed by atoms with van der Waals surface area (Å²) in [5.74, 6) is 0.154. The molecule has 5 nitrogen and oxygen atoms in total. The zero-order valence-electron chi connectivity index (χ0n) is 22.1. The van der Waals surface area contributed by atoms with Crippen LogP contribution in [0.3, 0.4) is 0 Å². The van der Waals surface area contributed by atoms with Crippen LogP contribution in [0.5, 0.6) is 17.2 Å². The molecule has 0 aliphatic carbocycles. The van der Waals surface area contributed by atoms with Gasteiger partial charge in [0, 0.05) is 5.56 Å². The lowest BCUT2D eigenvalue weighted by molar-refractivity contribution is 0.273. The molecular weight excluding hydrogens is 436 g/mol. The first-order valence-electron chi connectivity index (χ1n) is 13.8. The highest BCUT2D eigenvalue weighted by atomic mass is 16.3. The molecule has 0 saturated heterocycles. The molecule has 35 heavy (non-hydrogen) atoms. The molecular formula is C30H48N2O3. The Hall–Kier alpha value is -2.24. The van der Waals surface area contributed by atoms with E-state index in [0.29, 0.717) is 12.8 Å². The number of hydrogen-bond acceptors (Lipinski definition) is 5. The Kier molecular flexibility index (Phi) is 14.3. The molecule has 0 amide bonds. The minimum Gasteiger partial charge on any atom is -0.508 e. The van der Waals surface area contributed by atoms with Crippen LogP contribution in [0.1, 0.15) is 81.9 Å². The quantitative estimate of drug-likeness (QED) is 0.141. The van der Waals surface area contributed by atoms with E-state index in [1.165, 1.54) is 64.5 Å². The molecule has 2 aromatic rings. The number of nitrogens with zero attached hydrogens (tertiary/aromatic N) is 1. The Bertz CT molecular complexity index is 840. The number of unbranched alkanes of at least 4 members (excludes halogenated alkanes) is 6. The van der Waals surface area contributed by atoms with Crippen LogP contribution < -0.4 is 5.32 Å². The lowest BCUT2D eigenvalue weighted by Crippen LogP contribution is -2.25. The molecule has 0 aromatic heterocycles. The number of benzene rings is 2. The molecule has 0 atom stereocenters. The van der Waals surface area contributed by atoms with E-state index in [2.05, 4.69) is 24.1 Å². The van der Waals surface area contributed by atoms with Gasteiger partial charge >= 0.3 is 0 Å². The van der Waals surface area contributed by atoms with Crippen molar-refractivity contribution in [3.8, 4) is 17.2 Å². The van der Waals surface area contributed by atoms with Crippen molar-refractivity contribution in [3.05, 3.63) is 53.1 Å². The lowest BCUT2D eigenvalue weighted by atomic mass is 9.96. The van der Waals surface area contributed by atoms with Gasteiger partial charge < -0.3 is 25.5 Å². The number of aromatic hydroxyl groups is 3. The summed E-state index contributed by atoms with van der Waals surface area (Å²) in [5.41, 5.74) is 2.87. The molecule has 2 rings (SSSR count). The van der Waals surface area contributed by atoms with Gasteiger partial charge in [-0.3, -0.25) is 0 Å². The highest BCUT2D eigenvalue weighted by Gasteiger charge is 2.12. The van der Waals surface area contributed by atoms with Crippen LogP contribution in [0.2, 0.25) is 0 Å². The van der Waals surface area contributed by atoms with Crippen molar-refractivity contribution in [2.24, 2.45) is 0 Å². The van der Waals surface area contributed by atoms with Gasteiger partial charge in [-0.25, -0.2) is 0 Å². The van der Waals surface area contributed by atoms with Gasteiger partial charge in [0.25, 0.3) is 0 Å². The largest absolute Gasteiger partial charge is 0.508 e. The van der Waals surface area contributed by atoms with Gasteiger partial charge in [-0.2, -0.15) is 0 Å². The van der Waals surface area contributed by atoms with Crippen LogP contribution >= 0.6 is 0 Å². The third-order valence-electron chi connectivity index (χ3n) is 6.86. The third kappa shape index (κ3) is 11.4. The predicted octanol–water partition coefficient (Wildman–Crippen LogP) is 6.18. The third-order valence-corrected chi connectivity index (χ3v) is 6.86. The minimum absolute atomic E-state index is 0.0193. The fraction of sp³-hybridized carbons (Fsp3) is 0.600. The van der Waals surface area contributed by atoms with Crippen LogP contribution in [0.4, 0.5) is 0 Å². The number of hydrogen-bond donors (Lipinski definition) is 4. The topological polar surface area (TPSA) is 76.0 Å². The first-order valence-corrected chi connectivity index (χ1v) is 13.8. The number of rotatable bonds is 19. The van der Waals surface area contributed by atoms with Gasteiger partial charge in [-0.1, -0.05) is 64.2 Å². The molecule has 0 aliphatic heterocycles. The van der Waals surface area contributed by atoms with Crippen LogP contribution in [-0.2, 0) is 19.3 Å². The molecule has 196 valence electrons. The van der Waals surface area contributed by atoms with Crippen molar-refractivity contribution in [1.29, 1.82) is 0 Å². The highest BCUT2D eigenvalue weighted by molar-refractivity contribution is 5.49. The Morgan fingerprint density at radius 2 is 1.49 bits per heavy atom. The van der Waals surface area contributed by atoms with E-state index < -0.39 is 0 Å². The SMILES string of the molecule is CCCCCCN(CC)CCCCCCNCCc1ccc(O)c(O)c1CCc1cccc(O)c1. The molecule has 0 unspecified atom stereocenters.